The van der Waals surface area contributed by atoms with Crippen LogP contribution in [-0.4, -0.2) is 35.7 Å². The monoisotopic (exact) mass is 444 g/mol. The Balaban J connectivity index is 0.000000451. The summed E-state index contributed by atoms with van der Waals surface area (Å²) in [6.07, 6.45) is 5.36. The van der Waals surface area contributed by atoms with E-state index in [1.54, 1.807) is 18.4 Å². The number of allylic oxidation sites excluding steroid dienone is 1. The molecular formula is C24H33FN4O3. The highest BCUT2D eigenvalue weighted by Gasteiger charge is 2.20. The van der Waals surface area contributed by atoms with Gasteiger partial charge in [-0.05, 0) is 71.3 Å². The number of oxazole rings is 1. The minimum atomic E-state index is -0.271. The van der Waals surface area contributed by atoms with E-state index in [1.165, 1.54) is 19.1 Å². The third-order valence-corrected chi connectivity index (χ3v) is 4.69. The number of oxime groups is 1. The van der Waals surface area contributed by atoms with Gasteiger partial charge in [-0.25, -0.2) is 9.37 Å². The van der Waals surface area contributed by atoms with Gasteiger partial charge in [0.05, 0.1) is 11.4 Å². The number of hydrogen-bond donors (Lipinski definition) is 2. The van der Waals surface area contributed by atoms with Gasteiger partial charge in [0.1, 0.15) is 17.8 Å². The van der Waals surface area contributed by atoms with Crippen LogP contribution in [-0.2, 0) is 9.63 Å². The highest BCUT2D eigenvalue weighted by molar-refractivity contribution is 5.98. The lowest BCUT2D eigenvalue weighted by molar-refractivity contribution is -0.119. The fourth-order valence-corrected chi connectivity index (χ4v) is 3.16. The molecule has 0 atom stereocenters. The number of piperidine rings is 1. The van der Waals surface area contributed by atoms with E-state index in [4.69, 9.17) is 9.25 Å². The lowest BCUT2D eigenvalue weighted by Gasteiger charge is -2.23. The first kappa shape index (κ1) is 25.3. The van der Waals surface area contributed by atoms with E-state index in [9.17, 15) is 9.18 Å². The molecule has 2 N–H and O–H groups in total. The quantitative estimate of drug-likeness (QED) is 0.391. The molecule has 1 aliphatic heterocycles. The molecule has 1 amide bonds. The van der Waals surface area contributed by atoms with Crippen LogP contribution in [0.15, 0.2) is 45.9 Å². The first-order valence-electron chi connectivity index (χ1n) is 10.8. The van der Waals surface area contributed by atoms with Crippen LogP contribution in [0.25, 0.3) is 6.08 Å². The molecule has 1 fully saturated rings. The lowest BCUT2D eigenvalue weighted by Crippen LogP contribution is -2.29. The Kier molecular flexibility index (Phi) is 10.1. The molecule has 0 spiro atoms. The Bertz CT molecular complexity index is 914. The first-order valence-corrected chi connectivity index (χ1v) is 10.8. The van der Waals surface area contributed by atoms with Crippen molar-refractivity contribution < 1.29 is 18.4 Å². The van der Waals surface area contributed by atoms with Crippen molar-refractivity contribution in [3.63, 3.8) is 0 Å². The van der Waals surface area contributed by atoms with Crippen LogP contribution >= 0.6 is 0 Å². The molecule has 2 aromatic rings. The molecule has 2 heterocycles. The van der Waals surface area contributed by atoms with Crippen LogP contribution in [0.1, 0.15) is 57.7 Å². The molecule has 0 unspecified atom stereocenters. The zero-order chi connectivity index (χ0) is 23.5. The Morgan fingerprint density at radius 2 is 1.94 bits per heavy atom. The number of aromatic nitrogens is 1. The minimum absolute atomic E-state index is 0.0370. The van der Waals surface area contributed by atoms with Gasteiger partial charge in [-0.3, -0.25) is 4.79 Å². The number of rotatable bonds is 6. The van der Waals surface area contributed by atoms with E-state index < -0.39 is 0 Å². The van der Waals surface area contributed by atoms with E-state index in [0.29, 0.717) is 11.6 Å². The Morgan fingerprint density at radius 1 is 1.28 bits per heavy atom. The van der Waals surface area contributed by atoms with Crippen molar-refractivity contribution in [1.29, 1.82) is 0 Å². The van der Waals surface area contributed by atoms with Gasteiger partial charge < -0.3 is 19.9 Å². The molecule has 8 heteroatoms. The number of carbonyl (C=O) groups is 1. The van der Waals surface area contributed by atoms with E-state index in [0.717, 1.165) is 42.9 Å². The molecule has 0 bridgehead atoms. The topological polar surface area (TPSA) is 88.8 Å². The van der Waals surface area contributed by atoms with Crippen molar-refractivity contribution >= 4 is 17.7 Å². The van der Waals surface area contributed by atoms with Crippen molar-refractivity contribution in [2.45, 2.75) is 53.5 Å². The number of halogens is 1. The van der Waals surface area contributed by atoms with Crippen molar-refractivity contribution in [2.24, 2.45) is 11.1 Å². The molecule has 0 aliphatic carbocycles. The van der Waals surface area contributed by atoms with E-state index in [-0.39, 0.29) is 23.7 Å². The second-order valence-electron chi connectivity index (χ2n) is 8.03. The fourth-order valence-electron chi connectivity index (χ4n) is 3.16. The van der Waals surface area contributed by atoms with E-state index in [1.807, 2.05) is 33.8 Å². The Labute approximate surface area is 189 Å². The highest BCUT2D eigenvalue weighted by atomic mass is 19.1. The number of nitrogens with zero attached hydrogens (tertiary/aromatic N) is 2. The zero-order valence-electron chi connectivity index (χ0n) is 19.4. The van der Waals surface area contributed by atoms with Gasteiger partial charge in [-0.1, -0.05) is 17.3 Å². The number of hydrogen-bond acceptors (Lipinski definition) is 6. The third-order valence-electron chi connectivity index (χ3n) is 4.69. The standard InChI is InChI=1S/C19H22FN3O2.C5H11NO/c1-13-12-24-19(22-13)11-18(16-7-9-21-10-8-16)25-23-14(2)15-3-5-17(20)6-4-15;1-4(2)6-5(3)7/h3-6,11-12,16,21H,7-10H2,1-2H3;4H,1-3H3,(H,6,7)/b18-11+,23-14+;. The predicted octanol–water partition coefficient (Wildman–Crippen LogP) is 4.43. The molecule has 7 nitrogen and oxygen atoms in total. The minimum Gasteiger partial charge on any atom is -0.445 e. The number of aryl methyl sites for hydroxylation is 1. The molecule has 1 aromatic heterocycles. The predicted molar refractivity (Wildman–Crippen MR) is 123 cm³/mol. The van der Waals surface area contributed by atoms with E-state index >= 15 is 0 Å². The van der Waals surface area contributed by atoms with Crippen molar-refractivity contribution in [3.05, 3.63) is 59.3 Å². The molecule has 1 saturated heterocycles. The summed E-state index contributed by atoms with van der Waals surface area (Å²) in [5.74, 6) is 1.28. The summed E-state index contributed by atoms with van der Waals surface area (Å²) in [5, 5.41) is 10.2. The van der Waals surface area contributed by atoms with Gasteiger partial charge in [0.2, 0.25) is 11.8 Å². The van der Waals surface area contributed by atoms with Gasteiger partial charge in [0.25, 0.3) is 0 Å². The second-order valence-corrected chi connectivity index (χ2v) is 8.03. The first-order chi connectivity index (χ1) is 15.2. The molecule has 3 rings (SSSR count). The maximum atomic E-state index is 13.0. The van der Waals surface area contributed by atoms with Gasteiger partial charge in [-0.2, -0.15) is 0 Å². The molecule has 1 aliphatic rings. The summed E-state index contributed by atoms with van der Waals surface area (Å²) in [5.41, 5.74) is 2.32. The van der Waals surface area contributed by atoms with Crippen LogP contribution in [0.5, 0.6) is 0 Å². The van der Waals surface area contributed by atoms with E-state index in [2.05, 4.69) is 20.8 Å². The van der Waals surface area contributed by atoms with Crippen LogP contribution in [0.4, 0.5) is 4.39 Å². The highest BCUT2D eigenvalue weighted by Crippen LogP contribution is 2.25. The van der Waals surface area contributed by atoms with Crippen molar-refractivity contribution in [3.8, 4) is 0 Å². The summed E-state index contributed by atoms with van der Waals surface area (Å²) in [4.78, 5) is 20.2. The second kappa shape index (κ2) is 12.8. The van der Waals surface area contributed by atoms with Crippen molar-refractivity contribution in [2.75, 3.05) is 13.1 Å². The average Bonchev–Trinajstić information content (AvgIpc) is 3.16. The SMILES string of the molecule is C/C(=N\O/C(=C/c1nc(C)co1)C1CCNCC1)c1ccc(F)cc1.CC(=O)NC(C)C. The van der Waals surface area contributed by atoms with Gasteiger partial charge in [0.15, 0.2) is 0 Å². The number of amides is 1. The summed E-state index contributed by atoms with van der Waals surface area (Å²) in [6.45, 7) is 11.0. The summed E-state index contributed by atoms with van der Waals surface area (Å²) >= 11 is 0. The van der Waals surface area contributed by atoms with Gasteiger partial charge in [0, 0.05) is 25.0 Å². The molecule has 32 heavy (non-hydrogen) atoms. The molecular weight excluding hydrogens is 411 g/mol. The van der Waals surface area contributed by atoms with Crippen molar-refractivity contribution in [1.82, 2.24) is 15.6 Å². The smallest absolute Gasteiger partial charge is 0.222 e. The third kappa shape index (κ3) is 9.01. The van der Waals surface area contributed by atoms with Gasteiger partial charge in [-0.15, -0.1) is 0 Å². The number of benzene rings is 1. The fraction of sp³-hybridized carbons (Fsp3) is 0.458. The van der Waals surface area contributed by atoms with Crippen LogP contribution in [0.3, 0.4) is 0 Å². The summed E-state index contributed by atoms with van der Waals surface area (Å²) in [6, 6.07) is 6.46. The van der Waals surface area contributed by atoms with Crippen LogP contribution < -0.4 is 10.6 Å². The number of carbonyl (C=O) groups excluding carboxylic acids is 1. The molecule has 1 aromatic carbocycles. The summed E-state index contributed by atoms with van der Waals surface area (Å²) < 4.78 is 18.5. The van der Waals surface area contributed by atoms with Crippen LogP contribution in [0, 0.1) is 18.7 Å². The summed E-state index contributed by atoms with van der Waals surface area (Å²) in [7, 11) is 0. The lowest BCUT2D eigenvalue weighted by atomic mass is 9.96. The van der Waals surface area contributed by atoms with Crippen LogP contribution in [0.2, 0.25) is 0 Å². The average molecular weight is 445 g/mol. The maximum absolute atomic E-state index is 13.0. The largest absolute Gasteiger partial charge is 0.445 e. The van der Waals surface area contributed by atoms with Gasteiger partial charge >= 0.3 is 0 Å². The normalized spacial score (nSPS) is 15.2. The molecule has 0 saturated carbocycles. The maximum Gasteiger partial charge on any atom is 0.222 e. The molecule has 174 valence electrons. The Hall–Kier alpha value is -3.00. The zero-order valence-corrected chi connectivity index (χ0v) is 19.4. The Morgan fingerprint density at radius 3 is 2.44 bits per heavy atom. The number of nitrogens with one attached hydrogen (secondary N) is 2. The molecule has 0 radical (unpaired) electrons.